The van der Waals surface area contributed by atoms with E-state index in [2.05, 4.69) is 35.7 Å². The van der Waals surface area contributed by atoms with E-state index in [1.165, 1.54) is 6.33 Å². The van der Waals surface area contributed by atoms with Crippen LogP contribution in [0.1, 0.15) is 10.4 Å². The molecule has 9 heteroatoms. The maximum atomic E-state index is 12.3. The minimum Gasteiger partial charge on any atom is -0.306 e. The zero-order valence-corrected chi connectivity index (χ0v) is 11.7. The molecule has 0 bridgehead atoms. The number of carbonyl (C=O) groups is 1. The molecule has 0 spiro atoms. The van der Waals surface area contributed by atoms with Crippen LogP contribution in [0.25, 0.3) is 16.9 Å². The number of aromatic amines is 1. The highest BCUT2D eigenvalue weighted by molar-refractivity contribution is 6.05. The first-order chi connectivity index (χ1) is 11.3. The molecule has 1 aromatic carbocycles. The Balaban J connectivity index is 1.59. The molecule has 0 atom stereocenters. The predicted octanol–water partition coefficient (Wildman–Crippen LogP) is 1.19. The van der Waals surface area contributed by atoms with Crippen LogP contribution in [0.5, 0.6) is 0 Å². The number of hydrogen-bond acceptors (Lipinski definition) is 6. The second kappa shape index (κ2) is 5.30. The summed E-state index contributed by atoms with van der Waals surface area (Å²) in [6.45, 7) is 0. The number of fused-ring (bicyclic) bond motifs is 1. The van der Waals surface area contributed by atoms with Gasteiger partial charge in [0, 0.05) is 24.0 Å². The lowest BCUT2D eigenvalue weighted by Gasteiger charge is -2.06. The van der Waals surface area contributed by atoms with E-state index in [1.54, 1.807) is 47.6 Å². The molecule has 1 amide bonds. The van der Waals surface area contributed by atoms with Crippen LogP contribution < -0.4 is 5.32 Å². The number of benzene rings is 1. The Kier molecular flexibility index (Phi) is 3.01. The molecule has 0 aliphatic carbocycles. The van der Waals surface area contributed by atoms with Gasteiger partial charge in [0.15, 0.2) is 0 Å². The first kappa shape index (κ1) is 13.1. The normalized spacial score (nSPS) is 10.8. The molecule has 4 rings (SSSR count). The Morgan fingerprint density at radius 3 is 2.91 bits per heavy atom. The maximum absolute atomic E-state index is 12.3. The van der Waals surface area contributed by atoms with Gasteiger partial charge < -0.3 is 5.32 Å². The van der Waals surface area contributed by atoms with Gasteiger partial charge in [0.05, 0.1) is 0 Å². The molecule has 4 aromatic rings. The molecule has 0 saturated heterocycles. The van der Waals surface area contributed by atoms with Gasteiger partial charge in [0.1, 0.15) is 35.3 Å². The maximum Gasteiger partial charge on any atom is 0.256 e. The van der Waals surface area contributed by atoms with E-state index >= 15 is 0 Å². The summed E-state index contributed by atoms with van der Waals surface area (Å²) >= 11 is 0. The van der Waals surface area contributed by atoms with E-state index in [9.17, 15) is 4.79 Å². The Morgan fingerprint density at radius 2 is 2.04 bits per heavy atom. The van der Waals surface area contributed by atoms with E-state index in [0.717, 1.165) is 0 Å². The summed E-state index contributed by atoms with van der Waals surface area (Å²) in [4.78, 5) is 24.5. The molecule has 3 aromatic heterocycles. The lowest BCUT2D eigenvalue weighted by atomic mass is 10.2. The second-order valence-corrected chi connectivity index (χ2v) is 4.71. The van der Waals surface area contributed by atoms with Crippen LogP contribution >= 0.6 is 0 Å². The summed E-state index contributed by atoms with van der Waals surface area (Å²) < 4.78 is 1.72. The van der Waals surface area contributed by atoms with Gasteiger partial charge in [-0.2, -0.15) is 15.4 Å². The highest BCUT2D eigenvalue weighted by Gasteiger charge is 2.10. The van der Waals surface area contributed by atoms with E-state index in [4.69, 9.17) is 0 Å². The average molecular weight is 306 g/mol. The molecule has 0 aliphatic heterocycles. The van der Waals surface area contributed by atoms with Crippen LogP contribution in [0, 0.1) is 0 Å². The molecule has 0 aliphatic rings. The number of carbonyl (C=O) groups excluding carboxylic acids is 1. The van der Waals surface area contributed by atoms with E-state index < -0.39 is 0 Å². The highest BCUT2D eigenvalue weighted by Crippen LogP contribution is 2.13. The van der Waals surface area contributed by atoms with Crippen LogP contribution in [0.4, 0.5) is 5.82 Å². The average Bonchev–Trinajstić information content (AvgIpc) is 3.26. The van der Waals surface area contributed by atoms with Gasteiger partial charge in [-0.15, -0.1) is 0 Å². The largest absolute Gasteiger partial charge is 0.306 e. The lowest BCUT2D eigenvalue weighted by molar-refractivity contribution is 0.102. The summed E-state index contributed by atoms with van der Waals surface area (Å²) in [5.41, 5.74) is 1.79. The van der Waals surface area contributed by atoms with Gasteiger partial charge in [-0.25, -0.2) is 15.0 Å². The Bertz CT molecular complexity index is 975. The monoisotopic (exact) mass is 306 g/mol. The van der Waals surface area contributed by atoms with Crippen LogP contribution in [0.2, 0.25) is 0 Å². The molecular formula is C14H10N8O. The summed E-state index contributed by atoms with van der Waals surface area (Å²) in [6, 6.07) is 6.73. The fraction of sp³-hybridized carbons (Fsp3) is 0. The first-order valence-electron chi connectivity index (χ1n) is 6.72. The fourth-order valence-corrected chi connectivity index (χ4v) is 2.12. The molecule has 0 saturated carbocycles. The molecule has 112 valence electrons. The molecule has 9 nitrogen and oxygen atoms in total. The number of rotatable bonds is 3. The zero-order chi connectivity index (χ0) is 15.6. The quantitative estimate of drug-likeness (QED) is 0.587. The Hall–Kier alpha value is -3.62. The predicted molar refractivity (Wildman–Crippen MR) is 81.0 cm³/mol. The number of hydrogen-bond donors (Lipinski definition) is 2. The minimum absolute atomic E-state index is 0.287. The summed E-state index contributed by atoms with van der Waals surface area (Å²) in [7, 11) is 0. The standard InChI is InChI=1S/C14H10N8O/c23-14(9-1-2-10-11(5-9)20-21-19-10)18-12-6-13(17-7-16-12)22-4-3-15-8-22/h1-8H,(H,19,20,21)(H,16,17,18,23). The van der Waals surface area contributed by atoms with Crippen LogP contribution in [0.15, 0.2) is 49.3 Å². The summed E-state index contributed by atoms with van der Waals surface area (Å²) in [5.74, 6) is 0.721. The van der Waals surface area contributed by atoms with Crippen molar-refractivity contribution in [3.8, 4) is 5.82 Å². The topological polar surface area (TPSA) is 114 Å². The molecule has 23 heavy (non-hydrogen) atoms. The number of aromatic nitrogens is 7. The SMILES string of the molecule is O=C(Nc1cc(-n2ccnc2)ncn1)c1ccc2n[nH]nc2c1. The van der Waals surface area contributed by atoms with Crippen LogP contribution in [-0.2, 0) is 0 Å². The van der Waals surface area contributed by atoms with Crippen molar-refractivity contribution < 1.29 is 4.79 Å². The number of amides is 1. The number of nitrogens with one attached hydrogen (secondary N) is 2. The fourth-order valence-electron chi connectivity index (χ4n) is 2.12. The summed E-state index contributed by atoms with van der Waals surface area (Å²) in [6.07, 6.45) is 6.40. The van der Waals surface area contributed by atoms with E-state index in [0.29, 0.717) is 28.2 Å². The van der Waals surface area contributed by atoms with Crippen LogP contribution in [0.3, 0.4) is 0 Å². The van der Waals surface area contributed by atoms with Crippen molar-refractivity contribution in [1.29, 1.82) is 0 Å². The number of anilines is 1. The molecule has 0 unspecified atom stereocenters. The van der Waals surface area contributed by atoms with E-state index in [1.807, 2.05) is 0 Å². The van der Waals surface area contributed by atoms with Crippen molar-refractivity contribution in [1.82, 2.24) is 34.9 Å². The van der Waals surface area contributed by atoms with Crippen molar-refractivity contribution in [2.24, 2.45) is 0 Å². The van der Waals surface area contributed by atoms with Gasteiger partial charge in [-0.1, -0.05) is 0 Å². The van der Waals surface area contributed by atoms with Crippen molar-refractivity contribution >= 4 is 22.8 Å². The zero-order valence-electron chi connectivity index (χ0n) is 11.7. The van der Waals surface area contributed by atoms with Crippen molar-refractivity contribution in [3.63, 3.8) is 0 Å². The van der Waals surface area contributed by atoms with Gasteiger partial charge in [-0.3, -0.25) is 9.36 Å². The Morgan fingerprint density at radius 1 is 1.13 bits per heavy atom. The van der Waals surface area contributed by atoms with Gasteiger partial charge in [0.2, 0.25) is 0 Å². The highest BCUT2D eigenvalue weighted by atomic mass is 16.1. The van der Waals surface area contributed by atoms with E-state index in [-0.39, 0.29) is 5.91 Å². The van der Waals surface area contributed by atoms with Gasteiger partial charge in [-0.05, 0) is 18.2 Å². The van der Waals surface area contributed by atoms with Gasteiger partial charge >= 0.3 is 0 Å². The first-order valence-corrected chi connectivity index (χ1v) is 6.72. The smallest absolute Gasteiger partial charge is 0.256 e. The second-order valence-electron chi connectivity index (χ2n) is 4.71. The van der Waals surface area contributed by atoms with Gasteiger partial charge in [0.25, 0.3) is 5.91 Å². The van der Waals surface area contributed by atoms with Crippen molar-refractivity contribution in [2.45, 2.75) is 0 Å². The molecule has 2 N–H and O–H groups in total. The van der Waals surface area contributed by atoms with Crippen molar-refractivity contribution in [2.75, 3.05) is 5.32 Å². The number of nitrogens with zero attached hydrogens (tertiary/aromatic N) is 6. The molecular weight excluding hydrogens is 296 g/mol. The summed E-state index contributed by atoms with van der Waals surface area (Å²) in [5, 5.41) is 13.2. The third kappa shape index (κ3) is 2.50. The number of imidazole rings is 1. The van der Waals surface area contributed by atoms with Crippen LogP contribution in [-0.4, -0.2) is 40.8 Å². The lowest BCUT2D eigenvalue weighted by Crippen LogP contribution is -2.13. The number of H-pyrrole nitrogens is 1. The molecule has 0 radical (unpaired) electrons. The Labute approximate surface area is 129 Å². The molecule has 0 fully saturated rings. The minimum atomic E-state index is -0.287. The third-order valence-corrected chi connectivity index (χ3v) is 3.24. The van der Waals surface area contributed by atoms with Crippen molar-refractivity contribution in [3.05, 3.63) is 54.9 Å². The molecule has 3 heterocycles. The third-order valence-electron chi connectivity index (χ3n) is 3.24.